The summed E-state index contributed by atoms with van der Waals surface area (Å²) in [5.41, 5.74) is 17.8. The van der Waals surface area contributed by atoms with Gasteiger partial charge in [0, 0.05) is 19.2 Å². The Balaban J connectivity index is 1.11. The second-order valence-electron chi connectivity index (χ2n) is 13.4. The average molecular weight is 885 g/mol. The predicted octanol–water partition coefficient (Wildman–Crippen LogP) is -0.649. The smallest absolute Gasteiger partial charge is 0.455 e. The third-order valence-corrected chi connectivity index (χ3v) is 10.6. The summed E-state index contributed by atoms with van der Waals surface area (Å²) in [6.45, 7) is -1.56. The molecule has 6 rings (SSSR count). The van der Waals surface area contributed by atoms with Gasteiger partial charge in [0.2, 0.25) is 0 Å². The molecule has 26 nitrogen and oxygen atoms in total. The number of alkyl carbamates (subject to hydrolysis) is 1. The standard InChI is InChI=1S/C32H42N10O16P2/c33-18(7-4-9-36-32(46)52-12-17-5-2-1-3-6-17)30(44)57-26-21(56-29(25(26)43)42-16-39-24-27(35)37-15-38-28(24)42)14-54-60(50,51)58-19-11-23(41-10-8-22(34)40-31(41)45)55-20(19)13-53-59(47,48)49/h1-3,5-6,8,10,15-16,18-21,23,25-26,29,43H,4,7,9,11-14,33H2,(H,36,46)(H,50,51)(H2,34,40,45)(H2,35,37,38)(H2,47,48,49)/t18?,19-,20+,21+,23+,25+,26+,29+/m0/s1. The van der Waals surface area contributed by atoms with Gasteiger partial charge >= 0.3 is 33.4 Å². The summed E-state index contributed by atoms with van der Waals surface area (Å²) in [6.07, 6.45) is -7.45. The zero-order chi connectivity index (χ0) is 43.2. The molecule has 2 aliphatic rings. The van der Waals surface area contributed by atoms with Crippen molar-refractivity contribution in [1.82, 2.24) is 34.4 Å². The van der Waals surface area contributed by atoms with Crippen molar-refractivity contribution in [2.75, 3.05) is 31.2 Å². The first-order valence-corrected chi connectivity index (χ1v) is 21.0. The van der Waals surface area contributed by atoms with Crippen LogP contribution in [0.25, 0.3) is 11.2 Å². The van der Waals surface area contributed by atoms with Crippen molar-refractivity contribution in [2.24, 2.45) is 5.73 Å². The lowest BCUT2D eigenvalue weighted by atomic mass is 10.1. The number of nitrogens with one attached hydrogen (secondary N) is 1. The molecule has 0 spiro atoms. The molecule has 11 N–H and O–H groups in total. The fraction of sp³-hybridized carbons (Fsp3) is 0.469. The van der Waals surface area contributed by atoms with E-state index in [1.165, 1.54) is 23.2 Å². The maximum Gasteiger partial charge on any atom is 0.472 e. The minimum atomic E-state index is -5.19. The van der Waals surface area contributed by atoms with Crippen LogP contribution in [0.15, 0.2) is 60.0 Å². The number of aliphatic hydroxyl groups is 1. The monoisotopic (exact) mass is 884 g/mol. The van der Waals surface area contributed by atoms with E-state index in [1.807, 2.05) is 6.07 Å². The Kier molecular flexibility index (Phi) is 14.3. The van der Waals surface area contributed by atoms with Crippen molar-refractivity contribution in [3.8, 4) is 0 Å². The summed E-state index contributed by atoms with van der Waals surface area (Å²) in [5.74, 6) is -1.09. The molecule has 0 aliphatic carbocycles. The highest BCUT2D eigenvalue weighted by molar-refractivity contribution is 7.47. The number of aromatic nitrogens is 6. The number of nitrogen functional groups attached to an aromatic ring is 2. The number of anilines is 2. The van der Waals surface area contributed by atoms with E-state index in [0.29, 0.717) is 0 Å². The van der Waals surface area contributed by atoms with E-state index < -0.39 is 95.6 Å². The third-order valence-electron chi connectivity index (χ3n) is 9.12. The zero-order valence-corrected chi connectivity index (χ0v) is 33.1. The first-order chi connectivity index (χ1) is 28.5. The van der Waals surface area contributed by atoms with Gasteiger partial charge in [0.15, 0.2) is 23.8 Å². The van der Waals surface area contributed by atoms with Gasteiger partial charge in [-0.2, -0.15) is 4.98 Å². The van der Waals surface area contributed by atoms with Gasteiger partial charge in [-0.1, -0.05) is 30.3 Å². The van der Waals surface area contributed by atoms with Crippen molar-refractivity contribution in [1.29, 1.82) is 0 Å². The molecule has 2 unspecified atom stereocenters. The number of rotatable bonds is 18. The van der Waals surface area contributed by atoms with Crippen molar-refractivity contribution >= 4 is 50.5 Å². The molecule has 9 atom stereocenters. The second kappa shape index (κ2) is 19.2. The Bertz CT molecular complexity index is 2280. The van der Waals surface area contributed by atoms with E-state index in [2.05, 4.69) is 29.8 Å². The predicted molar refractivity (Wildman–Crippen MR) is 201 cm³/mol. The lowest BCUT2D eigenvalue weighted by Crippen LogP contribution is -2.43. The van der Waals surface area contributed by atoms with E-state index in [4.69, 9.17) is 45.2 Å². The normalized spacial score (nSPS) is 24.5. The minimum absolute atomic E-state index is 0.0116. The molecule has 2 fully saturated rings. The van der Waals surface area contributed by atoms with Gasteiger partial charge in [-0.25, -0.2) is 33.7 Å². The first kappa shape index (κ1) is 44.6. The van der Waals surface area contributed by atoms with Crippen molar-refractivity contribution in [2.45, 2.75) is 74.9 Å². The highest BCUT2D eigenvalue weighted by atomic mass is 31.2. The topological polar surface area (TPSA) is 382 Å². The lowest BCUT2D eigenvalue weighted by Gasteiger charge is -2.24. The van der Waals surface area contributed by atoms with Crippen LogP contribution in [0, 0.1) is 0 Å². The molecule has 3 aromatic heterocycles. The molecule has 60 heavy (non-hydrogen) atoms. The fourth-order valence-corrected chi connectivity index (χ4v) is 7.53. The molecular weight excluding hydrogens is 842 g/mol. The third kappa shape index (κ3) is 11.4. The first-order valence-electron chi connectivity index (χ1n) is 18.0. The second-order valence-corrected chi connectivity index (χ2v) is 16.0. The summed E-state index contributed by atoms with van der Waals surface area (Å²) in [7, 11) is -10.3. The van der Waals surface area contributed by atoms with Crippen molar-refractivity contribution in [3.63, 3.8) is 0 Å². The number of hydrogen-bond donors (Lipinski definition) is 8. The van der Waals surface area contributed by atoms with Crippen LogP contribution in [0.5, 0.6) is 0 Å². The largest absolute Gasteiger partial charge is 0.472 e. The minimum Gasteiger partial charge on any atom is -0.455 e. The lowest BCUT2D eigenvalue weighted by molar-refractivity contribution is -0.158. The Labute approximate surface area is 338 Å². The highest BCUT2D eigenvalue weighted by Gasteiger charge is 2.50. The van der Waals surface area contributed by atoms with E-state index in [9.17, 15) is 43.3 Å². The number of phosphoric acid groups is 2. The number of esters is 1. The molecule has 326 valence electrons. The number of carbonyl (C=O) groups is 2. The average Bonchev–Trinajstić information content (AvgIpc) is 3.89. The van der Waals surface area contributed by atoms with Crippen LogP contribution in [-0.4, -0.2) is 117 Å². The maximum atomic E-state index is 13.4. The van der Waals surface area contributed by atoms with Crippen LogP contribution in [0.2, 0.25) is 0 Å². The number of imidazole rings is 1. The molecule has 1 aromatic carbocycles. The molecule has 28 heteroatoms. The maximum absolute atomic E-state index is 13.4. The number of fused-ring (bicyclic) bond motifs is 1. The quantitative estimate of drug-likeness (QED) is 0.0349. The Morgan fingerprint density at radius 2 is 1.75 bits per heavy atom. The Hall–Kier alpha value is -4.95. The number of phosphoric ester groups is 2. The van der Waals surface area contributed by atoms with Crippen molar-refractivity contribution in [3.05, 3.63) is 71.3 Å². The van der Waals surface area contributed by atoms with E-state index >= 15 is 0 Å². The zero-order valence-electron chi connectivity index (χ0n) is 31.3. The number of carbonyl (C=O) groups excluding carboxylic acids is 2. The molecule has 0 saturated carbocycles. The molecular formula is C32H42N10O16P2. The van der Waals surface area contributed by atoms with Crippen LogP contribution in [-0.2, 0) is 53.1 Å². The van der Waals surface area contributed by atoms with Gasteiger partial charge in [-0.15, -0.1) is 0 Å². The molecule has 4 aromatic rings. The molecule has 0 radical (unpaired) electrons. The molecule has 1 amide bonds. The number of aliphatic hydroxyl groups excluding tert-OH is 1. The van der Waals surface area contributed by atoms with Gasteiger partial charge in [-0.3, -0.25) is 27.5 Å². The van der Waals surface area contributed by atoms with Gasteiger partial charge in [0.05, 0.1) is 19.5 Å². The number of hydrogen-bond acceptors (Lipinski definition) is 20. The van der Waals surface area contributed by atoms with Crippen LogP contribution < -0.4 is 28.2 Å². The van der Waals surface area contributed by atoms with Crippen LogP contribution in [0.4, 0.5) is 16.4 Å². The number of nitrogens with two attached hydrogens (primary N) is 3. The molecule has 0 bridgehead atoms. The van der Waals surface area contributed by atoms with Crippen LogP contribution >= 0.6 is 15.6 Å². The summed E-state index contributed by atoms with van der Waals surface area (Å²) < 4.78 is 64.7. The molecule has 2 saturated heterocycles. The summed E-state index contributed by atoms with van der Waals surface area (Å²) in [5, 5.41) is 14.0. The number of benzene rings is 1. The number of ether oxygens (including phenoxy) is 4. The summed E-state index contributed by atoms with van der Waals surface area (Å²) >= 11 is 0. The Morgan fingerprint density at radius 1 is 1.00 bits per heavy atom. The van der Waals surface area contributed by atoms with E-state index in [0.717, 1.165) is 16.5 Å². The van der Waals surface area contributed by atoms with Crippen molar-refractivity contribution < 1.29 is 71.0 Å². The van der Waals surface area contributed by atoms with Gasteiger partial charge in [-0.05, 0) is 24.5 Å². The van der Waals surface area contributed by atoms with Gasteiger partial charge in [0.25, 0.3) is 0 Å². The fourth-order valence-electron chi connectivity index (χ4n) is 6.23. The molecule has 2 aliphatic heterocycles. The summed E-state index contributed by atoms with van der Waals surface area (Å²) in [4.78, 5) is 82.9. The Morgan fingerprint density at radius 3 is 2.48 bits per heavy atom. The van der Waals surface area contributed by atoms with Crippen LogP contribution in [0.3, 0.4) is 0 Å². The SMILES string of the molecule is Nc1ccn([C@H]2C[C@H](OP(=O)(O)OC[C@H]3O[C@@H](n4cnc5c(N)ncnc54)[C@H](O)[C@@H]3OC(=O)C(N)CCCNC(=O)OCc3ccccc3)[C@@H](COP(=O)(O)O)O2)c(=O)n1. The van der Waals surface area contributed by atoms with Crippen LogP contribution in [0.1, 0.15) is 37.3 Å². The molecule has 5 heterocycles. The summed E-state index contributed by atoms with van der Waals surface area (Å²) in [6, 6.07) is 9.03. The van der Waals surface area contributed by atoms with Gasteiger partial charge in [0.1, 0.15) is 61.0 Å². The number of nitrogens with zero attached hydrogens (tertiary/aromatic N) is 6. The highest BCUT2D eigenvalue weighted by Crippen LogP contribution is 2.50. The number of amides is 1. The van der Waals surface area contributed by atoms with E-state index in [1.54, 1.807) is 24.3 Å². The van der Waals surface area contributed by atoms with E-state index in [-0.39, 0.29) is 55.2 Å². The van der Waals surface area contributed by atoms with Gasteiger partial charge < -0.3 is 61.3 Å².